The molecule has 0 spiro atoms. The van der Waals surface area contributed by atoms with E-state index in [4.69, 9.17) is 30.5 Å². The van der Waals surface area contributed by atoms with Gasteiger partial charge >= 0.3 is 0 Å². The van der Waals surface area contributed by atoms with E-state index in [-0.39, 0.29) is 18.6 Å². The Bertz CT molecular complexity index is 795. The molecule has 0 saturated carbocycles. The van der Waals surface area contributed by atoms with Crippen molar-refractivity contribution in [2.45, 2.75) is 39.4 Å². The molecule has 2 aromatic carbocycles. The summed E-state index contributed by atoms with van der Waals surface area (Å²) in [7, 11) is 1.61. The van der Waals surface area contributed by atoms with Gasteiger partial charge in [-0.05, 0) is 69.2 Å². The summed E-state index contributed by atoms with van der Waals surface area (Å²) in [6.45, 7) is 6.78. The molecule has 0 heterocycles. The largest absolute Gasteiger partial charge is 0.493 e. The van der Waals surface area contributed by atoms with Gasteiger partial charge in [-0.15, -0.1) is 0 Å². The lowest BCUT2D eigenvalue weighted by molar-refractivity contribution is -0.134. The van der Waals surface area contributed by atoms with Crippen LogP contribution in [0.4, 0.5) is 0 Å². The highest BCUT2D eigenvalue weighted by Gasteiger charge is 2.19. The van der Waals surface area contributed by atoms with Crippen LogP contribution in [0.3, 0.4) is 0 Å². The zero-order valence-electron chi connectivity index (χ0n) is 17.9. The van der Waals surface area contributed by atoms with E-state index in [0.717, 1.165) is 5.56 Å². The van der Waals surface area contributed by atoms with E-state index < -0.39 is 6.10 Å². The maximum absolute atomic E-state index is 12.5. The molecule has 2 aromatic rings. The van der Waals surface area contributed by atoms with Gasteiger partial charge in [-0.3, -0.25) is 4.79 Å². The Morgan fingerprint density at radius 1 is 1.10 bits per heavy atom. The van der Waals surface area contributed by atoms with Crippen LogP contribution in [0.1, 0.15) is 26.3 Å². The van der Waals surface area contributed by atoms with E-state index in [2.05, 4.69) is 5.32 Å². The van der Waals surface area contributed by atoms with Gasteiger partial charge in [-0.1, -0.05) is 17.7 Å². The molecule has 0 aliphatic carbocycles. The molecule has 2 rings (SSSR count). The number of ether oxygens (including phenoxy) is 4. The maximum Gasteiger partial charge on any atom is 0.252 e. The van der Waals surface area contributed by atoms with Gasteiger partial charge in [0.05, 0.1) is 13.2 Å². The van der Waals surface area contributed by atoms with Gasteiger partial charge in [-0.25, -0.2) is 0 Å². The van der Waals surface area contributed by atoms with Crippen LogP contribution in [-0.4, -0.2) is 45.0 Å². The lowest BCUT2D eigenvalue weighted by Gasteiger charge is -2.18. The highest BCUT2D eigenvalue weighted by atomic mass is 35.5. The van der Waals surface area contributed by atoms with E-state index in [9.17, 15) is 4.79 Å². The first-order valence-corrected chi connectivity index (χ1v) is 10.4. The molecule has 30 heavy (non-hydrogen) atoms. The lowest BCUT2D eigenvalue weighted by Crippen LogP contribution is -2.41. The van der Waals surface area contributed by atoms with Crippen LogP contribution in [0.25, 0.3) is 0 Å². The molecule has 164 valence electrons. The number of hydrogen-bond acceptors (Lipinski definition) is 5. The summed E-state index contributed by atoms with van der Waals surface area (Å²) in [4.78, 5) is 12.5. The van der Waals surface area contributed by atoms with Crippen LogP contribution < -0.4 is 19.5 Å². The molecule has 0 saturated heterocycles. The van der Waals surface area contributed by atoms with Crippen LogP contribution in [0.15, 0.2) is 42.5 Å². The van der Waals surface area contributed by atoms with Gasteiger partial charge in [0, 0.05) is 18.2 Å². The average Bonchev–Trinajstić information content (AvgIpc) is 2.72. The first-order chi connectivity index (χ1) is 14.4. The fourth-order valence-corrected chi connectivity index (χ4v) is 2.89. The Labute approximate surface area is 183 Å². The smallest absolute Gasteiger partial charge is 0.252 e. The van der Waals surface area contributed by atoms with E-state index >= 15 is 0 Å². The zero-order chi connectivity index (χ0) is 21.9. The fourth-order valence-electron chi connectivity index (χ4n) is 2.77. The maximum atomic E-state index is 12.5. The molecule has 1 N–H and O–H groups in total. The Balaban J connectivity index is 1.86. The standard InChI is InChI=1S/C23H30ClNO5/c1-5-28-22(15-29-19-9-7-18(24)8-10-19)23(26)25-13-12-17-6-11-20(30-16(2)3)21(14-17)27-4/h6-11,14,16,22H,5,12-13,15H2,1-4H3,(H,25,26)/t22-/m0/s1. The normalized spacial score (nSPS) is 11.8. The molecule has 0 aliphatic rings. The number of methoxy groups -OCH3 is 1. The first-order valence-electron chi connectivity index (χ1n) is 10.0. The van der Waals surface area contributed by atoms with Crippen molar-refractivity contribution in [2.24, 2.45) is 0 Å². The SMILES string of the molecule is CCO[C@@H](COc1ccc(Cl)cc1)C(=O)NCCc1ccc(OC(C)C)c(OC)c1. The summed E-state index contributed by atoms with van der Waals surface area (Å²) in [5, 5.41) is 3.54. The third-order valence-electron chi connectivity index (χ3n) is 4.18. The molecule has 0 unspecified atom stereocenters. The second-order valence-electron chi connectivity index (χ2n) is 6.90. The van der Waals surface area contributed by atoms with Gasteiger partial charge in [0.15, 0.2) is 17.6 Å². The topological polar surface area (TPSA) is 66.0 Å². The number of halogens is 1. The number of benzene rings is 2. The second-order valence-corrected chi connectivity index (χ2v) is 7.34. The molecule has 1 atom stereocenters. The molecule has 1 amide bonds. The van der Waals surface area contributed by atoms with Crippen LogP contribution in [0.2, 0.25) is 5.02 Å². The van der Waals surface area contributed by atoms with Crippen LogP contribution in [0, 0.1) is 0 Å². The highest BCUT2D eigenvalue weighted by molar-refractivity contribution is 6.30. The van der Waals surface area contributed by atoms with Crippen molar-refractivity contribution < 1.29 is 23.7 Å². The minimum absolute atomic E-state index is 0.0645. The zero-order valence-corrected chi connectivity index (χ0v) is 18.7. The quantitative estimate of drug-likeness (QED) is 0.539. The molecule has 0 bridgehead atoms. The summed E-state index contributed by atoms with van der Waals surface area (Å²) >= 11 is 5.87. The van der Waals surface area contributed by atoms with Gasteiger partial charge in [0.2, 0.25) is 0 Å². The molecule has 0 aliphatic heterocycles. The number of carbonyl (C=O) groups excluding carboxylic acids is 1. The number of rotatable bonds is 12. The van der Waals surface area contributed by atoms with Gasteiger partial charge in [0.1, 0.15) is 12.4 Å². The average molecular weight is 436 g/mol. The highest BCUT2D eigenvalue weighted by Crippen LogP contribution is 2.29. The van der Waals surface area contributed by atoms with Crippen molar-refractivity contribution in [1.82, 2.24) is 5.32 Å². The van der Waals surface area contributed by atoms with Crippen molar-refractivity contribution in [3.8, 4) is 17.2 Å². The van der Waals surface area contributed by atoms with Gasteiger partial charge in [0.25, 0.3) is 5.91 Å². The summed E-state index contributed by atoms with van der Waals surface area (Å²) < 4.78 is 22.3. The molecule has 6 nitrogen and oxygen atoms in total. The Hall–Kier alpha value is -2.44. The summed E-state index contributed by atoms with van der Waals surface area (Å²) in [5.41, 5.74) is 1.04. The molecule has 0 radical (unpaired) electrons. The van der Waals surface area contributed by atoms with Crippen molar-refractivity contribution in [3.05, 3.63) is 53.1 Å². The molecule has 0 fully saturated rings. The lowest BCUT2D eigenvalue weighted by atomic mass is 10.1. The van der Waals surface area contributed by atoms with Crippen molar-refractivity contribution in [3.63, 3.8) is 0 Å². The van der Waals surface area contributed by atoms with E-state index in [0.29, 0.717) is 41.8 Å². The minimum atomic E-state index is -0.693. The predicted octanol–water partition coefficient (Wildman–Crippen LogP) is 4.28. The number of nitrogens with one attached hydrogen (secondary N) is 1. The number of amides is 1. The number of carbonyl (C=O) groups is 1. The Kier molecular flexibility index (Phi) is 9.77. The van der Waals surface area contributed by atoms with Crippen molar-refractivity contribution in [1.29, 1.82) is 0 Å². The van der Waals surface area contributed by atoms with Crippen molar-refractivity contribution >= 4 is 17.5 Å². The van der Waals surface area contributed by atoms with E-state index in [1.165, 1.54) is 0 Å². The Morgan fingerprint density at radius 2 is 1.83 bits per heavy atom. The summed E-state index contributed by atoms with van der Waals surface area (Å²) in [6.07, 6.45) is 0.0256. The first kappa shape index (κ1) is 23.8. The van der Waals surface area contributed by atoms with Crippen molar-refractivity contribution in [2.75, 3.05) is 26.9 Å². The Morgan fingerprint density at radius 3 is 2.47 bits per heavy atom. The molecule has 0 aromatic heterocycles. The fraction of sp³-hybridized carbons (Fsp3) is 0.435. The van der Waals surface area contributed by atoms with E-state index in [1.807, 2.05) is 39.0 Å². The third kappa shape index (κ3) is 7.76. The molecule has 7 heteroatoms. The monoisotopic (exact) mass is 435 g/mol. The number of hydrogen-bond donors (Lipinski definition) is 1. The summed E-state index contributed by atoms with van der Waals surface area (Å²) in [5.74, 6) is 1.80. The molecular formula is C23H30ClNO5. The van der Waals surface area contributed by atoms with Crippen LogP contribution in [-0.2, 0) is 16.0 Å². The second kappa shape index (κ2) is 12.3. The van der Waals surface area contributed by atoms with Gasteiger partial charge in [-0.2, -0.15) is 0 Å². The third-order valence-corrected chi connectivity index (χ3v) is 4.43. The van der Waals surface area contributed by atoms with Crippen LogP contribution >= 0.6 is 11.6 Å². The molecular weight excluding hydrogens is 406 g/mol. The minimum Gasteiger partial charge on any atom is -0.493 e. The van der Waals surface area contributed by atoms with E-state index in [1.54, 1.807) is 31.4 Å². The van der Waals surface area contributed by atoms with Gasteiger partial charge < -0.3 is 24.3 Å². The summed E-state index contributed by atoms with van der Waals surface area (Å²) in [6, 6.07) is 12.8. The van der Waals surface area contributed by atoms with Crippen LogP contribution in [0.5, 0.6) is 17.2 Å². The predicted molar refractivity (Wildman–Crippen MR) is 118 cm³/mol.